The molecule has 0 amide bonds. The van der Waals surface area contributed by atoms with Crippen molar-refractivity contribution < 1.29 is 4.39 Å². The molecule has 1 aliphatic heterocycles. The lowest BCUT2D eigenvalue weighted by Gasteiger charge is -1.85. The Bertz CT molecular complexity index is 294. The molecule has 0 aliphatic carbocycles. The Morgan fingerprint density at radius 3 is 3.40 bits per heavy atom. The summed E-state index contributed by atoms with van der Waals surface area (Å²) in [5, 5.41) is 2.74. The normalized spacial score (nSPS) is 12.1. The summed E-state index contributed by atoms with van der Waals surface area (Å²) in [4.78, 5) is 3.78. The number of hydrogen-bond acceptors (Lipinski definition) is 2. The molecule has 2 nitrogen and oxygen atoms in total. The second kappa shape index (κ2) is 1.75. The van der Waals surface area contributed by atoms with Gasteiger partial charge in [-0.05, 0) is 0 Å². The number of nitrogens with one attached hydrogen (secondary N) is 1. The number of halogens is 1. The van der Waals surface area contributed by atoms with E-state index in [1.54, 1.807) is 6.08 Å². The number of fused-ring (bicyclic) bond motifs is 1. The monoisotopic (exact) mass is 135 g/mol. The van der Waals surface area contributed by atoms with Crippen LogP contribution in [0.3, 0.4) is 0 Å². The lowest BCUT2D eigenvalue weighted by Crippen LogP contribution is -1.88. The quantitative estimate of drug-likeness (QED) is 0.544. The van der Waals surface area contributed by atoms with Crippen LogP contribution in [0.15, 0.2) is 12.3 Å². The van der Waals surface area contributed by atoms with E-state index >= 15 is 0 Å². The van der Waals surface area contributed by atoms with Crippen LogP contribution in [0.25, 0.3) is 6.08 Å². The Hall–Kier alpha value is -1.47. The molecule has 0 atom stereocenters. The summed E-state index contributed by atoms with van der Waals surface area (Å²) in [6, 6.07) is 1.41. The second-order valence-corrected chi connectivity index (χ2v) is 2.01. The molecule has 0 unspecified atom stereocenters. The SMILES string of the molecule is Fc1cnc2c(c1)C=[C+]N2. The standard InChI is InChI=1S/C7H4FN2/c8-6-3-5-1-2-9-7(5)10-4-6/h1,3-4H,(H,9,10)/q+1. The number of rotatable bonds is 0. The minimum Gasteiger partial charge on any atom is -0.204 e. The van der Waals surface area contributed by atoms with Crippen molar-refractivity contribution in [1.29, 1.82) is 0 Å². The van der Waals surface area contributed by atoms with Crippen LogP contribution in [0.1, 0.15) is 5.56 Å². The minimum absolute atomic E-state index is 0.319. The Balaban J connectivity index is 2.60. The van der Waals surface area contributed by atoms with Gasteiger partial charge in [-0.3, -0.25) is 0 Å². The summed E-state index contributed by atoms with van der Waals surface area (Å²) in [5.41, 5.74) is 0.750. The Kier molecular flexibility index (Phi) is 0.934. The molecule has 2 rings (SSSR count). The van der Waals surface area contributed by atoms with Gasteiger partial charge in [0.05, 0.1) is 12.3 Å². The second-order valence-electron chi connectivity index (χ2n) is 2.01. The van der Waals surface area contributed by atoms with Crippen LogP contribution >= 0.6 is 0 Å². The predicted octanol–water partition coefficient (Wildman–Crippen LogP) is 1.42. The first-order chi connectivity index (χ1) is 4.86. The molecule has 0 radical (unpaired) electrons. The van der Waals surface area contributed by atoms with Crippen molar-refractivity contribution >= 4 is 11.9 Å². The van der Waals surface area contributed by atoms with Crippen LogP contribution in [0.2, 0.25) is 0 Å². The van der Waals surface area contributed by atoms with Gasteiger partial charge in [0.1, 0.15) is 12.3 Å². The topological polar surface area (TPSA) is 24.9 Å². The molecular formula is C7H4FN2+. The largest absolute Gasteiger partial charge is 0.293 e. The third-order valence-corrected chi connectivity index (χ3v) is 1.30. The maximum absolute atomic E-state index is 12.4. The highest BCUT2D eigenvalue weighted by Gasteiger charge is 2.17. The predicted molar refractivity (Wildman–Crippen MR) is 35.5 cm³/mol. The van der Waals surface area contributed by atoms with Gasteiger partial charge in [0.15, 0.2) is 11.4 Å². The lowest BCUT2D eigenvalue weighted by atomic mass is 10.3. The van der Waals surface area contributed by atoms with E-state index in [2.05, 4.69) is 16.5 Å². The van der Waals surface area contributed by atoms with Crippen LogP contribution < -0.4 is 5.32 Å². The summed E-state index contributed by atoms with van der Waals surface area (Å²) >= 11 is 0. The molecule has 1 N–H and O–H groups in total. The van der Waals surface area contributed by atoms with E-state index in [1.165, 1.54) is 12.3 Å². The van der Waals surface area contributed by atoms with E-state index in [0.717, 1.165) is 5.56 Å². The number of hydrogen-bond donors (Lipinski definition) is 1. The first-order valence-corrected chi connectivity index (χ1v) is 2.86. The highest BCUT2D eigenvalue weighted by atomic mass is 19.1. The Morgan fingerprint density at radius 2 is 2.50 bits per heavy atom. The average molecular weight is 135 g/mol. The maximum Gasteiger partial charge on any atom is 0.293 e. The van der Waals surface area contributed by atoms with Gasteiger partial charge < -0.3 is 0 Å². The molecule has 48 valence electrons. The van der Waals surface area contributed by atoms with E-state index in [-0.39, 0.29) is 5.82 Å². The molecule has 0 saturated heterocycles. The van der Waals surface area contributed by atoms with Crippen LogP contribution in [-0.2, 0) is 0 Å². The molecule has 1 aromatic rings. The van der Waals surface area contributed by atoms with Gasteiger partial charge in [0, 0.05) is 0 Å². The Morgan fingerprint density at radius 1 is 1.60 bits per heavy atom. The van der Waals surface area contributed by atoms with E-state index < -0.39 is 0 Å². The van der Waals surface area contributed by atoms with Crippen LogP contribution in [0.5, 0.6) is 0 Å². The fraction of sp³-hybridized carbons (Fsp3) is 0. The van der Waals surface area contributed by atoms with E-state index in [0.29, 0.717) is 5.82 Å². The molecular weight excluding hydrogens is 131 g/mol. The number of anilines is 1. The van der Waals surface area contributed by atoms with Crippen LogP contribution in [0.4, 0.5) is 10.2 Å². The van der Waals surface area contributed by atoms with Gasteiger partial charge >= 0.3 is 0 Å². The van der Waals surface area contributed by atoms with Gasteiger partial charge in [-0.2, -0.15) is 10.3 Å². The molecule has 0 fully saturated rings. The molecule has 2 heterocycles. The van der Waals surface area contributed by atoms with E-state index in [1.807, 2.05) is 0 Å². The molecule has 3 heteroatoms. The highest BCUT2D eigenvalue weighted by Crippen LogP contribution is 2.19. The van der Waals surface area contributed by atoms with Gasteiger partial charge in [-0.1, -0.05) is 0 Å². The third kappa shape index (κ3) is 0.650. The first kappa shape index (κ1) is 5.33. The van der Waals surface area contributed by atoms with Crippen molar-refractivity contribution in [2.75, 3.05) is 5.32 Å². The third-order valence-electron chi connectivity index (χ3n) is 1.30. The number of nitrogens with zero attached hydrogens (tertiary/aromatic N) is 1. The van der Waals surface area contributed by atoms with Crippen LogP contribution in [0, 0.1) is 12.0 Å². The van der Waals surface area contributed by atoms with Gasteiger partial charge in [0.25, 0.3) is 5.82 Å². The maximum atomic E-state index is 12.4. The van der Waals surface area contributed by atoms with Crippen LogP contribution in [-0.4, -0.2) is 4.98 Å². The number of pyridine rings is 1. The molecule has 1 aliphatic rings. The van der Waals surface area contributed by atoms with Gasteiger partial charge in [-0.15, -0.1) is 0 Å². The summed E-state index contributed by atoms with van der Waals surface area (Å²) in [6.45, 7) is 0. The number of aromatic nitrogens is 1. The summed E-state index contributed by atoms with van der Waals surface area (Å²) < 4.78 is 12.4. The zero-order chi connectivity index (χ0) is 6.97. The minimum atomic E-state index is -0.319. The van der Waals surface area contributed by atoms with Crippen molar-refractivity contribution in [2.45, 2.75) is 0 Å². The fourth-order valence-corrected chi connectivity index (χ4v) is 0.852. The van der Waals surface area contributed by atoms with E-state index in [9.17, 15) is 4.39 Å². The lowest BCUT2D eigenvalue weighted by molar-refractivity contribution is 0.621. The molecule has 1 aromatic heterocycles. The van der Waals surface area contributed by atoms with Crippen molar-refractivity contribution in [1.82, 2.24) is 4.98 Å². The molecule has 0 aromatic carbocycles. The molecule has 0 saturated carbocycles. The molecule has 10 heavy (non-hydrogen) atoms. The molecule has 0 bridgehead atoms. The first-order valence-electron chi connectivity index (χ1n) is 2.86. The fourth-order valence-electron chi connectivity index (χ4n) is 0.852. The van der Waals surface area contributed by atoms with Crippen molar-refractivity contribution in [3.05, 3.63) is 29.8 Å². The van der Waals surface area contributed by atoms with Gasteiger partial charge in [-0.25, -0.2) is 4.39 Å². The van der Waals surface area contributed by atoms with Gasteiger partial charge in [0.2, 0.25) is 0 Å². The van der Waals surface area contributed by atoms with Crippen molar-refractivity contribution in [2.24, 2.45) is 0 Å². The zero-order valence-electron chi connectivity index (χ0n) is 5.06. The zero-order valence-corrected chi connectivity index (χ0v) is 5.06. The summed E-state index contributed by atoms with van der Waals surface area (Å²) in [6.07, 6.45) is 5.54. The van der Waals surface area contributed by atoms with Crippen molar-refractivity contribution in [3.63, 3.8) is 0 Å². The van der Waals surface area contributed by atoms with Crippen molar-refractivity contribution in [3.8, 4) is 0 Å². The van der Waals surface area contributed by atoms with E-state index in [4.69, 9.17) is 0 Å². The Labute approximate surface area is 57.4 Å². The average Bonchev–Trinajstić information content (AvgIpc) is 2.33. The summed E-state index contributed by atoms with van der Waals surface area (Å²) in [7, 11) is 0. The summed E-state index contributed by atoms with van der Waals surface area (Å²) in [5.74, 6) is 0.349. The smallest absolute Gasteiger partial charge is 0.204 e. The highest BCUT2D eigenvalue weighted by molar-refractivity contribution is 5.68. The molecule has 0 spiro atoms.